The molecule has 0 spiro atoms. The van der Waals surface area contributed by atoms with Crippen LogP contribution in [0.1, 0.15) is 25.5 Å². The van der Waals surface area contributed by atoms with Crippen LogP contribution in [0.3, 0.4) is 0 Å². The fourth-order valence-electron chi connectivity index (χ4n) is 1.92. The monoisotopic (exact) mass is 226 g/mol. The van der Waals surface area contributed by atoms with Crippen LogP contribution in [0.25, 0.3) is 11.3 Å². The SMILES string of the molecule is CCNC(C)c1cccc(-c2ccccn2)c1. The van der Waals surface area contributed by atoms with Crippen LogP contribution in [0, 0.1) is 0 Å². The molecular weight excluding hydrogens is 208 g/mol. The molecule has 17 heavy (non-hydrogen) atoms. The first-order valence-corrected chi connectivity index (χ1v) is 6.06. The summed E-state index contributed by atoms with van der Waals surface area (Å²) in [4.78, 5) is 4.38. The Morgan fingerprint density at radius 3 is 2.76 bits per heavy atom. The maximum absolute atomic E-state index is 4.38. The van der Waals surface area contributed by atoms with Gasteiger partial charge in [-0.25, -0.2) is 0 Å². The molecule has 1 heterocycles. The molecule has 0 aliphatic rings. The molecule has 2 heteroatoms. The normalized spacial score (nSPS) is 12.4. The highest BCUT2D eigenvalue weighted by Crippen LogP contribution is 2.21. The fraction of sp³-hybridized carbons (Fsp3) is 0.267. The van der Waals surface area contributed by atoms with Gasteiger partial charge in [0, 0.05) is 17.8 Å². The van der Waals surface area contributed by atoms with Crippen molar-refractivity contribution in [3.8, 4) is 11.3 Å². The number of rotatable bonds is 4. The van der Waals surface area contributed by atoms with E-state index in [1.165, 1.54) is 11.1 Å². The quantitative estimate of drug-likeness (QED) is 0.864. The van der Waals surface area contributed by atoms with Crippen molar-refractivity contribution in [2.24, 2.45) is 0 Å². The molecular formula is C15H18N2. The van der Waals surface area contributed by atoms with E-state index in [9.17, 15) is 0 Å². The summed E-state index contributed by atoms with van der Waals surface area (Å²) in [6.07, 6.45) is 1.83. The Morgan fingerprint density at radius 1 is 1.18 bits per heavy atom. The lowest BCUT2D eigenvalue weighted by atomic mass is 10.0. The van der Waals surface area contributed by atoms with Crippen LogP contribution in [0.2, 0.25) is 0 Å². The van der Waals surface area contributed by atoms with E-state index in [1.54, 1.807) is 0 Å². The molecule has 0 saturated heterocycles. The Bertz CT molecular complexity index is 465. The predicted octanol–water partition coefficient (Wildman–Crippen LogP) is 3.42. The van der Waals surface area contributed by atoms with Gasteiger partial charge in [-0.05, 0) is 37.2 Å². The van der Waals surface area contributed by atoms with Gasteiger partial charge in [0.25, 0.3) is 0 Å². The number of hydrogen-bond acceptors (Lipinski definition) is 2. The number of nitrogens with one attached hydrogen (secondary N) is 1. The molecule has 0 aliphatic heterocycles. The molecule has 1 atom stereocenters. The van der Waals surface area contributed by atoms with Crippen LogP contribution in [-0.4, -0.2) is 11.5 Å². The largest absolute Gasteiger partial charge is 0.310 e. The van der Waals surface area contributed by atoms with E-state index in [0.717, 1.165) is 12.2 Å². The van der Waals surface area contributed by atoms with Crippen molar-refractivity contribution in [1.82, 2.24) is 10.3 Å². The molecule has 88 valence electrons. The lowest BCUT2D eigenvalue weighted by molar-refractivity contribution is 0.598. The highest BCUT2D eigenvalue weighted by Gasteiger charge is 2.05. The summed E-state index contributed by atoms with van der Waals surface area (Å²) in [5.41, 5.74) is 3.50. The summed E-state index contributed by atoms with van der Waals surface area (Å²) in [7, 11) is 0. The highest BCUT2D eigenvalue weighted by molar-refractivity contribution is 5.59. The van der Waals surface area contributed by atoms with Gasteiger partial charge in [0.05, 0.1) is 5.69 Å². The minimum atomic E-state index is 0.378. The van der Waals surface area contributed by atoms with Crippen molar-refractivity contribution in [2.45, 2.75) is 19.9 Å². The summed E-state index contributed by atoms with van der Waals surface area (Å²) >= 11 is 0. The van der Waals surface area contributed by atoms with Crippen LogP contribution in [0.5, 0.6) is 0 Å². The minimum Gasteiger partial charge on any atom is -0.310 e. The van der Waals surface area contributed by atoms with Gasteiger partial charge in [-0.15, -0.1) is 0 Å². The van der Waals surface area contributed by atoms with E-state index in [1.807, 2.05) is 24.4 Å². The zero-order chi connectivity index (χ0) is 12.1. The summed E-state index contributed by atoms with van der Waals surface area (Å²) in [5, 5.41) is 3.42. The molecule has 0 aliphatic carbocycles. The van der Waals surface area contributed by atoms with E-state index in [0.29, 0.717) is 6.04 Å². The molecule has 1 unspecified atom stereocenters. The number of benzene rings is 1. The average Bonchev–Trinajstić information content (AvgIpc) is 2.40. The Balaban J connectivity index is 2.29. The molecule has 0 radical (unpaired) electrons. The second-order valence-corrected chi connectivity index (χ2v) is 4.12. The Labute approximate surface area is 103 Å². The van der Waals surface area contributed by atoms with Gasteiger partial charge in [0.2, 0.25) is 0 Å². The fourth-order valence-corrected chi connectivity index (χ4v) is 1.92. The lowest BCUT2D eigenvalue weighted by Gasteiger charge is -2.13. The molecule has 1 N–H and O–H groups in total. The van der Waals surface area contributed by atoms with Gasteiger partial charge in [0.1, 0.15) is 0 Å². The number of nitrogens with zero attached hydrogens (tertiary/aromatic N) is 1. The van der Waals surface area contributed by atoms with E-state index >= 15 is 0 Å². The second kappa shape index (κ2) is 5.60. The van der Waals surface area contributed by atoms with Gasteiger partial charge in [-0.3, -0.25) is 4.98 Å². The van der Waals surface area contributed by atoms with Crippen molar-refractivity contribution in [2.75, 3.05) is 6.54 Å². The number of aromatic nitrogens is 1. The third kappa shape index (κ3) is 2.92. The maximum Gasteiger partial charge on any atom is 0.0702 e. The van der Waals surface area contributed by atoms with Gasteiger partial charge in [-0.2, -0.15) is 0 Å². The second-order valence-electron chi connectivity index (χ2n) is 4.12. The lowest BCUT2D eigenvalue weighted by Crippen LogP contribution is -2.17. The summed E-state index contributed by atoms with van der Waals surface area (Å²) in [5.74, 6) is 0. The average molecular weight is 226 g/mol. The standard InChI is InChI=1S/C15H18N2/c1-3-16-12(2)13-7-6-8-14(11-13)15-9-4-5-10-17-15/h4-12,16H,3H2,1-2H3. The van der Waals surface area contributed by atoms with Gasteiger partial charge in [-0.1, -0.05) is 31.2 Å². The summed E-state index contributed by atoms with van der Waals surface area (Å²) < 4.78 is 0. The number of pyridine rings is 1. The molecule has 1 aromatic heterocycles. The van der Waals surface area contributed by atoms with E-state index in [-0.39, 0.29) is 0 Å². The molecule has 0 amide bonds. The molecule has 0 fully saturated rings. The molecule has 0 saturated carbocycles. The first kappa shape index (κ1) is 11.8. The topological polar surface area (TPSA) is 24.9 Å². The molecule has 2 rings (SSSR count). The zero-order valence-electron chi connectivity index (χ0n) is 10.4. The highest BCUT2D eigenvalue weighted by atomic mass is 14.9. The van der Waals surface area contributed by atoms with Crippen LogP contribution in [0.4, 0.5) is 0 Å². The molecule has 1 aromatic carbocycles. The Hall–Kier alpha value is -1.67. The molecule has 0 bridgehead atoms. The predicted molar refractivity (Wildman–Crippen MR) is 71.8 cm³/mol. The first-order valence-electron chi connectivity index (χ1n) is 6.06. The van der Waals surface area contributed by atoms with Gasteiger partial charge in [0.15, 0.2) is 0 Å². The van der Waals surface area contributed by atoms with Crippen LogP contribution in [0.15, 0.2) is 48.7 Å². The Kier molecular flexibility index (Phi) is 3.89. The Morgan fingerprint density at radius 2 is 2.06 bits per heavy atom. The third-order valence-corrected chi connectivity index (χ3v) is 2.86. The van der Waals surface area contributed by atoms with Crippen molar-refractivity contribution in [3.63, 3.8) is 0 Å². The zero-order valence-corrected chi connectivity index (χ0v) is 10.4. The minimum absolute atomic E-state index is 0.378. The summed E-state index contributed by atoms with van der Waals surface area (Å²) in [6, 6.07) is 14.9. The van der Waals surface area contributed by atoms with Crippen molar-refractivity contribution in [3.05, 3.63) is 54.2 Å². The van der Waals surface area contributed by atoms with E-state index in [4.69, 9.17) is 0 Å². The molecule has 2 nitrogen and oxygen atoms in total. The summed E-state index contributed by atoms with van der Waals surface area (Å²) in [6.45, 7) is 5.29. The van der Waals surface area contributed by atoms with Gasteiger partial charge >= 0.3 is 0 Å². The van der Waals surface area contributed by atoms with Crippen LogP contribution in [-0.2, 0) is 0 Å². The van der Waals surface area contributed by atoms with Crippen molar-refractivity contribution in [1.29, 1.82) is 0 Å². The molecule has 2 aromatic rings. The van der Waals surface area contributed by atoms with E-state index in [2.05, 4.69) is 48.4 Å². The van der Waals surface area contributed by atoms with Crippen molar-refractivity contribution < 1.29 is 0 Å². The first-order chi connectivity index (χ1) is 8.31. The third-order valence-electron chi connectivity index (χ3n) is 2.86. The smallest absolute Gasteiger partial charge is 0.0702 e. The van der Waals surface area contributed by atoms with E-state index < -0.39 is 0 Å². The maximum atomic E-state index is 4.38. The van der Waals surface area contributed by atoms with Crippen LogP contribution < -0.4 is 5.32 Å². The number of hydrogen-bond donors (Lipinski definition) is 1. The van der Waals surface area contributed by atoms with Crippen LogP contribution >= 0.6 is 0 Å². The van der Waals surface area contributed by atoms with Gasteiger partial charge < -0.3 is 5.32 Å². The van der Waals surface area contributed by atoms with Crippen molar-refractivity contribution >= 4 is 0 Å².